The van der Waals surface area contributed by atoms with E-state index >= 15 is 0 Å². The average molecular weight is 431 g/mol. The van der Waals surface area contributed by atoms with Gasteiger partial charge < -0.3 is 4.90 Å². The number of aromatic nitrogens is 1. The van der Waals surface area contributed by atoms with Crippen LogP contribution in [0.1, 0.15) is 83.1 Å². The van der Waals surface area contributed by atoms with Crippen LogP contribution in [0.15, 0.2) is 36.7 Å². The predicted octanol–water partition coefficient (Wildman–Crippen LogP) is 7.29. The fraction of sp³-hybridized carbons (Fsp3) is 0.700. The minimum atomic E-state index is 0.487. The molecular weight excluding hydrogens is 388 g/mol. The van der Waals surface area contributed by atoms with Crippen molar-refractivity contribution in [2.75, 3.05) is 14.1 Å². The van der Waals surface area contributed by atoms with Crippen molar-refractivity contribution < 1.29 is 0 Å². The Morgan fingerprint density at radius 1 is 0.844 bits per heavy atom. The highest BCUT2D eigenvalue weighted by atomic mass is 15.1. The molecular formula is C30H42N2. The van der Waals surface area contributed by atoms with Crippen molar-refractivity contribution in [3.63, 3.8) is 0 Å². The zero-order chi connectivity index (χ0) is 22.1. The fourth-order valence-corrected chi connectivity index (χ4v) is 9.57. The lowest BCUT2D eigenvalue weighted by atomic mass is 9.44. The van der Waals surface area contributed by atoms with Crippen molar-refractivity contribution in [1.82, 2.24) is 9.88 Å². The van der Waals surface area contributed by atoms with E-state index in [1.807, 2.05) is 6.20 Å². The van der Waals surface area contributed by atoms with Crippen LogP contribution in [0, 0.1) is 34.5 Å². The Morgan fingerprint density at radius 2 is 1.66 bits per heavy atom. The molecule has 8 atom stereocenters. The number of benzene rings is 1. The van der Waals surface area contributed by atoms with Gasteiger partial charge >= 0.3 is 0 Å². The summed E-state index contributed by atoms with van der Waals surface area (Å²) in [6.45, 7) is 5.39. The molecule has 0 radical (unpaired) electrons. The Labute approximate surface area is 195 Å². The highest BCUT2D eigenvalue weighted by molar-refractivity contribution is 5.82. The quantitative estimate of drug-likeness (QED) is 0.497. The van der Waals surface area contributed by atoms with Crippen molar-refractivity contribution in [3.05, 3.63) is 42.2 Å². The van der Waals surface area contributed by atoms with Crippen LogP contribution in [-0.2, 0) is 0 Å². The molecule has 2 nitrogen and oxygen atoms in total. The topological polar surface area (TPSA) is 16.1 Å². The molecule has 1 aromatic carbocycles. The highest BCUT2D eigenvalue weighted by Crippen LogP contribution is 2.69. The van der Waals surface area contributed by atoms with Gasteiger partial charge in [-0.05, 0) is 135 Å². The van der Waals surface area contributed by atoms with E-state index in [1.165, 1.54) is 68.6 Å². The lowest BCUT2D eigenvalue weighted by Gasteiger charge is -2.61. The third-order valence-electron chi connectivity index (χ3n) is 11.4. The molecule has 1 heterocycles. The van der Waals surface area contributed by atoms with Gasteiger partial charge in [-0.25, -0.2) is 0 Å². The van der Waals surface area contributed by atoms with Gasteiger partial charge in [0.15, 0.2) is 0 Å². The zero-order valence-corrected chi connectivity index (χ0v) is 20.7. The van der Waals surface area contributed by atoms with Crippen molar-refractivity contribution in [3.8, 4) is 0 Å². The molecule has 0 saturated heterocycles. The molecule has 4 aliphatic carbocycles. The third kappa shape index (κ3) is 3.04. The zero-order valence-electron chi connectivity index (χ0n) is 20.7. The van der Waals surface area contributed by atoms with Crippen molar-refractivity contribution in [1.29, 1.82) is 0 Å². The number of rotatable bonds is 2. The van der Waals surface area contributed by atoms with Crippen molar-refractivity contribution in [2.45, 2.75) is 83.6 Å². The molecule has 1 aromatic heterocycles. The molecule has 4 saturated carbocycles. The van der Waals surface area contributed by atoms with Gasteiger partial charge in [-0.2, -0.15) is 0 Å². The van der Waals surface area contributed by atoms with Gasteiger partial charge in [-0.3, -0.25) is 4.98 Å². The number of pyridine rings is 1. The van der Waals surface area contributed by atoms with Gasteiger partial charge in [-0.1, -0.05) is 26.0 Å². The Kier molecular flexibility index (Phi) is 4.99. The fourth-order valence-electron chi connectivity index (χ4n) is 9.57. The minimum absolute atomic E-state index is 0.487. The molecule has 0 bridgehead atoms. The van der Waals surface area contributed by atoms with Gasteiger partial charge in [0.2, 0.25) is 0 Å². The maximum absolute atomic E-state index is 4.39. The molecule has 2 aromatic rings. The van der Waals surface area contributed by atoms with Crippen molar-refractivity contribution in [2.24, 2.45) is 34.5 Å². The van der Waals surface area contributed by atoms with E-state index in [1.54, 1.807) is 5.56 Å². The molecule has 4 aliphatic rings. The number of hydrogen-bond acceptors (Lipinski definition) is 2. The SMILES string of the molecule is CN(C)[C@@H]1CC[C@@]2(C)[C@@H](CC[C@@H]3[C@@H]2CC[C@]2(C)C(c4ccc5ccncc5c4)CC[C@@H]32)C1. The van der Waals surface area contributed by atoms with E-state index in [4.69, 9.17) is 0 Å². The first-order chi connectivity index (χ1) is 15.4. The van der Waals surface area contributed by atoms with E-state index in [2.05, 4.69) is 68.3 Å². The molecule has 0 amide bonds. The summed E-state index contributed by atoms with van der Waals surface area (Å²) in [5.74, 6) is 4.56. The molecule has 0 spiro atoms. The first-order valence-electron chi connectivity index (χ1n) is 13.4. The van der Waals surface area contributed by atoms with E-state index in [0.29, 0.717) is 10.8 Å². The molecule has 32 heavy (non-hydrogen) atoms. The van der Waals surface area contributed by atoms with Crippen LogP contribution in [0.3, 0.4) is 0 Å². The summed E-state index contributed by atoms with van der Waals surface area (Å²) in [5, 5.41) is 2.64. The van der Waals surface area contributed by atoms with Gasteiger partial charge in [0.25, 0.3) is 0 Å². The second-order valence-electron chi connectivity index (χ2n) is 12.7. The Hall–Kier alpha value is -1.41. The molecule has 2 heteroatoms. The first kappa shape index (κ1) is 21.1. The minimum Gasteiger partial charge on any atom is -0.306 e. The summed E-state index contributed by atoms with van der Waals surface area (Å²) in [7, 11) is 4.60. The van der Waals surface area contributed by atoms with E-state index in [0.717, 1.165) is 35.6 Å². The van der Waals surface area contributed by atoms with Crippen LogP contribution in [0.2, 0.25) is 0 Å². The number of nitrogens with zero attached hydrogens (tertiary/aromatic N) is 2. The maximum Gasteiger partial charge on any atom is 0.0346 e. The normalized spacial score (nSPS) is 43.7. The van der Waals surface area contributed by atoms with Crippen LogP contribution in [0.4, 0.5) is 0 Å². The number of hydrogen-bond donors (Lipinski definition) is 0. The van der Waals surface area contributed by atoms with Crippen LogP contribution >= 0.6 is 0 Å². The molecule has 1 unspecified atom stereocenters. The highest BCUT2D eigenvalue weighted by Gasteiger charge is 2.60. The molecule has 0 N–H and O–H groups in total. The second-order valence-corrected chi connectivity index (χ2v) is 12.7. The molecule has 0 aliphatic heterocycles. The van der Waals surface area contributed by atoms with Gasteiger partial charge in [0.05, 0.1) is 0 Å². The smallest absolute Gasteiger partial charge is 0.0346 e. The standard InChI is InChI=1S/C30H42N2/c1-29-14-11-24(32(3)4)18-23(29)7-8-25-27-10-9-26(30(27,2)15-12-28(25)29)21-6-5-20-13-16-31-19-22(20)17-21/h5-6,13,16-17,19,23-28H,7-12,14-15,18H2,1-4H3/t23-,24+,25-,26?,27-,28-,29-,30+/m0/s1. The van der Waals surface area contributed by atoms with Gasteiger partial charge in [0.1, 0.15) is 0 Å². The van der Waals surface area contributed by atoms with Gasteiger partial charge in [-0.15, -0.1) is 0 Å². The monoisotopic (exact) mass is 430 g/mol. The van der Waals surface area contributed by atoms with E-state index in [9.17, 15) is 0 Å². The Balaban J connectivity index is 1.27. The van der Waals surface area contributed by atoms with Crippen LogP contribution in [-0.4, -0.2) is 30.0 Å². The predicted molar refractivity (Wildman–Crippen MR) is 134 cm³/mol. The Morgan fingerprint density at radius 3 is 2.50 bits per heavy atom. The van der Waals surface area contributed by atoms with Gasteiger partial charge in [0, 0.05) is 23.8 Å². The first-order valence-corrected chi connectivity index (χ1v) is 13.4. The summed E-state index contributed by atoms with van der Waals surface area (Å²) in [6.07, 6.45) is 17.0. The average Bonchev–Trinajstić information content (AvgIpc) is 3.15. The second kappa shape index (κ2) is 7.55. The summed E-state index contributed by atoms with van der Waals surface area (Å²) >= 11 is 0. The lowest BCUT2D eigenvalue weighted by Crippen LogP contribution is -2.54. The summed E-state index contributed by atoms with van der Waals surface area (Å²) < 4.78 is 0. The van der Waals surface area contributed by atoms with E-state index in [-0.39, 0.29) is 0 Å². The number of fused-ring (bicyclic) bond motifs is 6. The lowest BCUT2D eigenvalue weighted by molar-refractivity contribution is -0.115. The summed E-state index contributed by atoms with van der Waals surface area (Å²) in [5.41, 5.74) is 2.67. The van der Waals surface area contributed by atoms with Crippen LogP contribution in [0.5, 0.6) is 0 Å². The van der Waals surface area contributed by atoms with Crippen molar-refractivity contribution >= 4 is 10.8 Å². The van der Waals surface area contributed by atoms with E-state index < -0.39 is 0 Å². The molecule has 172 valence electrons. The third-order valence-corrected chi connectivity index (χ3v) is 11.4. The summed E-state index contributed by atoms with van der Waals surface area (Å²) in [4.78, 5) is 6.90. The molecule has 6 rings (SSSR count). The van der Waals surface area contributed by atoms with Crippen LogP contribution < -0.4 is 0 Å². The Bertz CT molecular complexity index is 997. The summed E-state index contributed by atoms with van der Waals surface area (Å²) in [6, 6.07) is 10.2. The largest absolute Gasteiger partial charge is 0.306 e. The van der Waals surface area contributed by atoms with Crippen LogP contribution in [0.25, 0.3) is 10.8 Å². The molecule has 4 fully saturated rings. The maximum atomic E-state index is 4.39.